The highest BCUT2D eigenvalue weighted by Crippen LogP contribution is 2.26. The molecule has 1 aliphatic rings. The van der Waals surface area contributed by atoms with E-state index in [1.54, 1.807) is 0 Å². The molecule has 1 saturated heterocycles. The Balaban J connectivity index is 2.23. The predicted molar refractivity (Wildman–Crippen MR) is 54.3 cm³/mol. The maximum absolute atomic E-state index is 5.21. The lowest BCUT2D eigenvalue weighted by molar-refractivity contribution is -0.0214. The van der Waals surface area contributed by atoms with Crippen LogP contribution in [0.3, 0.4) is 0 Å². The van der Waals surface area contributed by atoms with Gasteiger partial charge in [0.05, 0.1) is 24.8 Å². The van der Waals surface area contributed by atoms with Crippen molar-refractivity contribution in [3.05, 3.63) is 30.2 Å². The van der Waals surface area contributed by atoms with Crippen LogP contribution in [0.25, 0.3) is 10.9 Å². The summed E-state index contributed by atoms with van der Waals surface area (Å²) in [4.78, 5) is 4.15. The van der Waals surface area contributed by atoms with Gasteiger partial charge in [0.1, 0.15) is 0 Å². The summed E-state index contributed by atoms with van der Waals surface area (Å²) < 4.78 is 7.51. The van der Waals surface area contributed by atoms with Crippen LogP contribution in [0, 0.1) is 6.92 Å². The van der Waals surface area contributed by atoms with Gasteiger partial charge in [0.15, 0.2) is 0 Å². The number of nitrogens with zero attached hydrogens (tertiary/aromatic N) is 2. The van der Waals surface area contributed by atoms with Crippen molar-refractivity contribution in [3.63, 3.8) is 0 Å². The minimum atomic E-state index is 0.522. The molecule has 0 aliphatic carbocycles. The summed E-state index contributed by atoms with van der Waals surface area (Å²) in [5.74, 6) is 0. The zero-order valence-electron chi connectivity index (χ0n) is 8.10. The van der Waals surface area contributed by atoms with Gasteiger partial charge < -0.3 is 9.30 Å². The van der Waals surface area contributed by atoms with Crippen LogP contribution in [0.1, 0.15) is 11.6 Å². The summed E-state index contributed by atoms with van der Waals surface area (Å²) in [6.45, 7) is 3.80. The van der Waals surface area contributed by atoms with Crippen LogP contribution >= 0.6 is 0 Å². The molecule has 0 unspecified atom stereocenters. The Hall–Kier alpha value is -1.35. The lowest BCUT2D eigenvalue weighted by Gasteiger charge is -2.28. The fourth-order valence-electron chi connectivity index (χ4n) is 1.95. The zero-order valence-corrected chi connectivity index (χ0v) is 8.10. The number of aromatic nitrogens is 2. The maximum atomic E-state index is 5.21. The van der Waals surface area contributed by atoms with Crippen molar-refractivity contribution in [3.8, 4) is 0 Å². The molecule has 1 aliphatic heterocycles. The molecule has 0 radical (unpaired) electrons. The summed E-state index contributed by atoms with van der Waals surface area (Å²) in [5.41, 5.74) is 2.56. The summed E-state index contributed by atoms with van der Waals surface area (Å²) in [7, 11) is 0. The summed E-state index contributed by atoms with van der Waals surface area (Å²) in [6.07, 6.45) is 5.97. The SMILES string of the molecule is Cc1cn(C2COC2)c2ccncc12. The van der Waals surface area contributed by atoms with Crippen LogP contribution in [0.15, 0.2) is 24.7 Å². The van der Waals surface area contributed by atoms with Crippen molar-refractivity contribution in [1.29, 1.82) is 0 Å². The second kappa shape index (κ2) is 2.82. The molecule has 2 aromatic rings. The molecule has 14 heavy (non-hydrogen) atoms. The van der Waals surface area contributed by atoms with Gasteiger partial charge in [-0.15, -0.1) is 0 Å². The molecule has 1 fully saturated rings. The van der Waals surface area contributed by atoms with Crippen molar-refractivity contribution in [2.75, 3.05) is 13.2 Å². The van der Waals surface area contributed by atoms with Crippen molar-refractivity contribution >= 4 is 10.9 Å². The third-order valence-electron chi connectivity index (χ3n) is 2.85. The normalized spacial score (nSPS) is 17.2. The standard InChI is InChI=1S/C11H12N2O/c1-8-5-13(9-6-14-7-9)11-2-3-12-4-10(8)11/h2-5,9H,6-7H2,1H3. The number of aryl methyl sites for hydroxylation is 1. The van der Waals surface area contributed by atoms with E-state index in [1.807, 2.05) is 12.4 Å². The Bertz CT molecular complexity index is 471. The Morgan fingerprint density at radius 3 is 3.07 bits per heavy atom. The van der Waals surface area contributed by atoms with Gasteiger partial charge >= 0.3 is 0 Å². The predicted octanol–water partition coefficient (Wildman–Crippen LogP) is 1.92. The minimum Gasteiger partial charge on any atom is -0.377 e. The first kappa shape index (κ1) is 8.00. The van der Waals surface area contributed by atoms with Gasteiger partial charge in [-0.25, -0.2) is 0 Å². The molecule has 0 spiro atoms. The molecule has 3 heteroatoms. The van der Waals surface area contributed by atoms with Crippen molar-refractivity contribution < 1.29 is 4.74 Å². The van der Waals surface area contributed by atoms with Gasteiger partial charge in [-0.3, -0.25) is 4.98 Å². The quantitative estimate of drug-likeness (QED) is 0.683. The maximum Gasteiger partial charge on any atom is 0.0803 e. The van der Waals surface area contributed by atoms with Crippen LogP contribution in [0.5, 0.6) is 0 Å². The number of hydrogen-bond donors (Lipinski definition) is 0. The number of fused-ring (bicyclic) bond motifs is 1. The molecule has 0 atom stereocenters. The van der Waals surface area contributed by atoms with Gasteiger partial charge in [0.25, 0.3) is 0 Å². The largest absolute Gasteiger partial charge is 0.377 e. The Morgan fingerprint density at radius 1 is 1.50 bits per heavy atom. The van der Waals surface area contributed by atoms with Crippen LogP contribution in [-0.2, 0) is 4.74 Å². The van der Waals surface area contributed by atoms with Crippen LogP contribution < -0.4 is 0 Å². The molecule has 2 aromatic heterocycles. The molecule has 0 bridgehead atoms. The first-order chi connectivity index (χ1) is 6.86. The smallest absolute Gasteiger partial charge is 0.0803 e. The minimum absolute atomic E-state index is 0.522. The highest BCUT2D eigenvalue weighted by atomic mass is 16.5. The molecule has 0 N–H and O–H groups in total. The van der Waals surface area contributed by atoms with E-state index in [0.29, 0.717) is 6.04 Å². The van der Waals surface area contributed by atoms with Crippen LogP contribution in [0.4, 0.5) is 0 Å². The molecule has 0 amide bonds. The summed E-state index contributed by atoms with van der Waals surface area (Å²) >= 11 is 0. The van der Waals surface area contributed by atoms with Gasteiger partial charge in [-0.05, 0) is 18.6 Å². The molecule has 0 saturated carbocycles. The molecule has 0 aromatic carbocycles. The molecule has 72 valence electrons. The van der Waals surface area contributed by atoms with Gasteiger partial charge in [-0.2, -0.15) is 0 Å². The molecule has 3 rings (SSSR count). The van der Waals surface area contributed by atoms with E-state index >= 15 is 0 Å². The van der Waals surface area contributed by atoms with Crippen molar-refractivity contribution in [2.24, 2.45) is 0 Å². The van der Waals surface area contributed by atoms with E-state index < -0.39 is 0 Å². The number of pyridine rings is 1. The average Bonchev–Trinajstić information content (AvgIpc) is 2.43. The van der Waals surface area contributed by atoms with E-state index in [9.17, 15) is 0 Å². The van der Waals surface area contributed by atoms with E-state index in [2.05, 4.69) is 28.7 Å². The molecule has 3 heterocycles. The van der Waals surface area contributed by atoms with E-state index in [1.165, 1.54) is 16.5 Å². The second-order valence-electron chi connectivity index (χ2n) is 3.80. The van der Waals surface area contributed by atoms with Crippen molar-refractivity contribution in [2.45, 2.75) is 13.0 Å². The van der Waals surface area contributed by atoms with E-state index in [0.717, 1.165) is 13.2 Å². The Labute approximate surface area is 82.3 Å². The zero-order chi connectivity index (χ0) is 9.54. The van der Waals surface area contributed by atoms with Gasteiger partial charge in [0.2, 0.25) is 0 Å². The first-order valence-electron chi connectivity index (χ1n) is 4.85. The van der Waals surface area contributed by atoms with E-state index in [-0.39, 0.29) is 0 Å². The fraction of sp³-hybridized carbons (Fsp3) is 0.364. The van der Waals surface area contributed by atoms with Crippen LogP contribution in [-0.4, -0.2) is 22.8 Å². The van der Waals surface area contributed by atoms with E-state index in [4.69, 9.17) is 4.74 Å². The Kier molecular flexibility index (Phi) is 1.61. The third kappa shape index (κ3) is 0.990. The number of hydrogen-bond acceptors (Lipinski definition) is 2. The first-order valence-corrected chi connectivity index (χ1v) is 4.85. The highest BCUT2D eigenvalue weighted by Gasteiger charge is 2.21. The van der Waals surface area contributed by atoms with Gasteiger partial charge in [-0.1, -0.05) is 0 Å². The third-order valence-corrected chi connectivity index (χ3v) is 2.85. The van der Waals surface area contributed by atoms with Gasteiger partial charge in [0, 0.05) is 24.0 Å². The molecular weight excluding hydrogens is 176 g/mol. The van der Waals surface area contributed by atoms with Crippen LogP contribution in [0.2, 0.25) is 0 Å². The summed E-state index contributed by atoms with van der Waals surface area (Å²) in [6, 6.07) is 2.59. The number of rotatable bonds is 1. The Morgan fingerprint density at radius 2 is 2.36 bits per heavy atom. The molecular formula is C11H12N2O. The highest BCUT2D eigenvalue weighted by molar-refractivity contribution is 5.82. The topological polar surface area (TPSA) is 27.1 Å². The lowest BCUT2D eigenvalue weighted by atomic mass is 10.2. The second-order valence-corrected chi connectivity index (χ2v) is 3.80. The lowest BCUT2D eigenvalue weighted by Crippen LogP contribution is -2.30. The molecule has 3 nitrogen and oxygen atoms in total. The summed E-state index contributed by atoms with van der Waals surface area (Å²) in [5, 5.41) is 1.25. The number of ether oxygens (including phenoxy) is 1. The van der Waals surface area contributed by atoms with Crippen molar-refractivity contribution in [1.82, 2.24) is 9.55 Å². The monoisotopic (exact) mass is 188 g/mol. The average molecular weight is 188 g/mol. The fourth-order valence-corrected chi connectivity index (χ4v) is 1.95.